The van der Waals surface area contributed by atoms with Gasteiger partial charge < -0.3 is 10.4 Å². The summed E-state index contributed by atoms with van der Waals surface area (Å²) < 4.78 is 0. The molecule has 0 aliphatic rings. The van der Waals surface area contributed by atoms with E-state index >= 15 is 0 Å². The minimum Gasteiger partial charge on any atom is -0.465 e. The molecule has 0 atom stereocenters. The van der Waals surface area contributed by atoms with E-state index in [0.717, 1.165) is 0 Å². The first kappa shape index (κ1) is 11.6. The zero-order chi connectivity index (χ0) is 11.4. The van der Waals surface area contributed by atoms with Crippen molar-refractivity contribution in [2.45, 2.75) is 0 Å². The molecule has 15 heavy (non-hydrogen) atoms. The lowest BCUT2D eigenvalue weighted by atomic mass is 10.3. The Kier molecular flexibility index (Phi) is 3.76. The number of hydrogen-bond donors (Lipinski definition) is 3. The maximum absolute atomic E-state index is 11.0. The average Bonchev–Trinajstić information content (AvgIpc) is 1.98. The number of halogens is 2. The van der Waals surface area contributed by atoms with Gasteiger partial charge in [0.15, 0.2) is 0 Å². The number of imide groups is 1. The van der Waals surface area contributed by atoms with Crippen LogP contribution >= 0.6 is 23.2 Å². The van der Waals surface area contributed by atoms with Crippen molar-refractivity contribution < 1.29 is 14.7 Å². The second-order valence-corrected chi connectivity index (χ2v) is 3.42. The Morgan fingerprint density at radius 1 is 1.13 bits per heavy atom. The van der Waals surface area contributed by atoms with Crippen LogP contribution < -0.4 is 10.6 Å². The number of amides is 3. The fourth-order valence-corrected chi connectivity index (χ4v) is 1.41. The third-order valence-electron chi connectivity index (χ3n) is 1.34. The molecule has 1 rings (SSSR count). The van der Waals surface area contributed by atoms with Crippen LogP contribution in [0.3, 0.4) is 0 Å². The van der Waals surface area contributed by atoms with Crippen LogP contribution in [0.4, 0.5) is 15.3 Å². The van der Waals surface area contributed by atoms with Gasteiger partial charge in [0.05, 0.1) is 0 Å². The first-order chi connectivity index (χ1) is 6.97. The maximum Gasteiger partial charge on any atom is 0.412 e. The van der Waals surface area contributed by atoms with Crippen molar-refractivity contribution in [3.63, 3.8) is 0 Å². The summed E-state index contributed by atoms with van der Waals surface area (Å²) in [7, 11) is 0. The van der Waals surface area contributed by atoms with Crippen molar-refractivity contribution >= 4 is 41.0 Å². The Labute approximate surface area is 95.0 Å². The molecule has 0 spiro atoms. The van der Waals surface area contributed by atoms with E-state index in [9.17, 15) is 9.59 Å². The summed E-state index contributed by atoms with van der Waals surface area (Å²) in [5.74, 6) is 0. The third-order valence-corrected chi connectivity index (χ3v) is 1.78. The molecule has 0 saturated heterocycles. The van der Waals surface area contributed by atoms with Gasteiger partial charge in [-0.2, -0.15) is 0 Å². The molecule has 3 N–H and O–H groups in total. The molecular formula is C8H6Cl2N2O3. The van der Waals surface area contributed by atoms with Crippen LogP contribution in [-0.2, 0) is 0 Å². The normalized spacial score (nSPS) is 9.47. The van der Waals surface area contributed by atoms with E-state index in [0.29, 0.717) is 15.7 Å². The molecule has 0 aliphatic carbocycles. The number of carbonyl (C=O) groups is 2. The van der Waals surface area contributed by atoms with Crippen LogP contribution in [0.15, 0.2) is 18.2 Å². The van der Waals surface area contributed by atoms with E-state index in [1.807, 2.05) is 0 Å². The van der Waals surface area contributed by atoms with E-state index < -0.39 is 12.1 Å². The lowest BCUT2D eigenvalue weighted by Gasteiger charge is -2.05. The van der Waals surface area contributed by atoms with Gasteiger partial charge >= 0.3 is 12.1 Å². The molecule has 0 fully saturated rings. The summed E-state index contributed by atoms with van der Waals surface area (Å²) in [6.45, 7) is 0. The van der Waals surface area contributed by atoms with Gasteiger partial charge in [-0.3, -0.25) is 0 Å². The van der Waals surface area contributed by atoms with Gasteiger partial charge in [-0.25, -0.2) is 14.9 Å². The minimum absolute atomic E-state index is 0.311. The fraction of sp³-hybridized carbons (Fsp3) is 0. The zero-order valence-corrected chi connectivity index (χ0v) is 8.76. The van der Waals surface area contributed by atoms with Crippen molar-refractivity contribution in [2.24, 2.45) is 0 Å². The molecule has 0 aliphatic heterocycles. The van der Waals surface area contributed by atoms with Crippen LogP contribution in [0, 0.1) is 0 Å². The van der Waals surface area contributed by atoms with Crippen LogP contribution in [-0.4, -0.2) is 17.2 Å². The quantitative estimate of drug-likeness (QED) is 0.715. The van der Waals surface area contributed by atoms with Crippen LogP contribution in [0.1, 0.15) is 0 Å². The number of carbonyl (C=O) groups excluding carboxylic acids is 1. The average molecular weight is 249 g/mol. The molecule has 7 heteroatoms. The Bertz CT molecular complexity index is 389. The van der Waals surface area contributed by atoms with E-state index in [4.69, 9.17) is 28.3 Å². The standard InChI is InChI=1S/C8H6Cl2N2O3/c9-4-1-5(10)3-6(2-4)11-7(13)12-8(14)15/h1-3H,(H,14,15)(H2,11,12,13). The summed E-state index contributed by atoms with van der Waals surface area (Å²) in [5.41, 5.74) is 0.311. The van der Waals surface area contributed by atoms with E-state index in [1.165, 1.54) is 18.2 Å². The van der Waals surface area contributed by atoms with Crippen LogP contribution in [0.2, 0.25) is 10.0 Å². The Balaban J connectivity index is 2.72. The number of urea groups is 1. The molecule has 1 aromatic carbocycles. The van der Waals surface area contributed by atoms with Gasteiger partial charge in [0.1, 0.15) is 0 Å². The highest BCUT2D eigenvalue weighted by atomic mass is 35.5. The molecule has 0 bridgehead atoms. The van der Waals surface area contributed by atoms with E-state index in [2.05, 4.69) is 5.32 Å². The summed E-state index contributed by atoms with van der Waals surface area (Å²) in [5, 5.41) is 12.8. The summed E-state index contributed by atoms with van der Waals surface area (Å²) in [6, 6.07) is 3.49. The molecule has 0 unspecified atom stereocenters. The molecule has 0 aromatic heterocycles. The predicted molar refractivity (Wildman–Crippen MR) is 56.6 cm³/mol. The van der Waals surface area contributed by atoms with E-state index in [1.54, 1.807) is 5.32 Å². The summed E-state index contributed by atoms with van der Waals surface area (Å²) >= 11 is 11.3. The minimum atomic E-state index is -1.44. The number of carboxylic acid groups (broad SMARTS) is 1. The topological polar surface area (TPSA) is 78.4 Å². The summed E-state index contributed by atoms with van der Waals surface area (Å²) in [4.78, 5) is 21.1. The van der Waals surface area contributed by atoms with Crippen molar-refractivity contribution in [1.82, 2.24) is 5.32 Å². The molecular weight excluding hydrogens is 243 g/mol. The monoisotopic (exact) mass is 248 g/mol. The smallest absolute Gasteiger partial charge is 0.412 e. The molecule has 1 aromatic rings. The summed E-state index contributed by atoms with van der Waals surface area (Å²) in [6.07, 6.45) is -1.44. The molecule has 0 heterocycles. The number of nitrogens with one attached hydrogen (secondary N) is 2. The van der Waals surface area contributed by atoms with Gasteiger partial charge in [-0.1, -0.05) is 23.2 Å². The van der Waals surface area contributed by atoms with E-state index in [-0.39, 0.29) is 0 Å². The highest BCUT2D eigenvalue weighted by Crippen LogP contribution is 2.22. The number of rotatable bonds is 1. The Morgan fingerprint density at radius 3 is 2.13 bits per heavy atom. The van der Waals surface area contributed by atoms with Crippen molar-refractivity contribution in [1.29, 1.82) is 0 Å². The highest BCUT2D eigenvalue weighted by molar-refractivity contribution is 6.35. The molecule has 0 radical (unpaired) electrons. The largest absolute Gasteiger partial charge is 0.465 e. The van der Waals surface area contributed by atoms with Crippen molar-refractivity contribution in [3.8, 4) is 0 Å². The number of hydrogen-bond acceptors (Lipinski definition) is 2. The molecule has 80 valence electrons. The van der Waals surface area contributed by atoms with Gasteiger partial charge in [0.25, 0.3) is 0 Å². The Morgan fingerprint density at radius 2 is 1.67 bits per heavy atom. The van der Waals surface area contributed by atoms with Gasteiger partial charge in [-0.05, 0) is 18.2 Å². The molecule has 0 saturated carbocycles. The van der Waals surface area contributed by atoms with Crippen LogP contribution in [0.5, 0.6) is 0 Å². The highest BCUT2D eigenvalue weighted by Gasteiger charge is 2.06. The lowest BCUT2D eigenvalue weighted by Crippen LogP contribution is -2.32. The second kappa shape index (κ2) is 4.86. The van der Waals surface area contributed by atoms with Crippen LogP contribution in [0.25, 0.3) is 0 Å². The first-order valence-corrected chi connectivity index (χ1v) is 4.50. The molecule has 3 amide bonds. The van der Waals surface area contributed by atoms with Crippen molar-refractivity contribution in [2.75, 3.05) is 5.32 Å². The van der Waals surface area contributed by atoms with Gasteiger partial charge in [0.2, 0.25) is 0 Å². The fourth-order valence-electron chi connectivity index (χ4n) is 0.885. The second-order valence-electron chi connectivity index (χ2n) is 2.54. The lowest BCUT2D eigenvalue weighted by molar-refractivity contribution is 0.194. The van der Waals surface area contributed by atoms with Gasteiger partial charge in [0, 0.05) is 15.7 Å². The van der Waals surface area contributed by atoms with Crippen molar-refractivity contribution in [3.05, 3.63) is 28.2 Å². The number of benzene rings is 1. The maximum atomic E-state index is 11.0. The molecule has 5 nitrogen and oxygen atoms in total. The Hall–Kier alpha value is -1.46. The number of anilines is 1. The zero-order valence-electron chi connectivity index (χ0n) is 7.25. The predicted octanol–water partition coefficient (Wildman–Crippen LogP) is 2.79. The van der Waals surface area contributed by atoms with Gasteiger partial charge in [-0.15, -0.1) is 0 Å². The first-order valence-electron chi connectivity index (χ1n) is 3.74. The SMILES string of the molecule is O=C(O)NC(=O)Nc1cc(Cl)cc(Cl)c1. The third kappa shape index (κ3) is 4.05.